The van der Waals surface area contributed by atoms with Crippen molar-refractivity contribution < 1.29 is 4.74 Å². The van der Waals surface area contributed by atoms with Gasteiger partial charge in [-0.3, -0.25) is 0 Å². The first kappa shape index (κ1) is 10.5. The molecule has 2 unspecified atom stereocenters. The fourth-order valence-corrected chi connectivity index (χ4v) is 2.17. The summed E-state index contributed by atoms with van der Waals surface area (Å²) in [5, 5.41) is 3.33. The van der Waals surface area contributed by atoms with Gasteiger partial charge in [0.05, 0.1) is 6.61 Å². The SMILES string of the molecule is CNC(c1cncnc1)C1CCCOC1. The molecular weight excluding hydrogens is 190 g/mol. The van der Waals surface area contributed by atoms with E-state index in [2.05, 4.69) is 15.3 Å². The van der Waals surface area contributed by atoms with Gasteiger partial charge in [0.15, 0.2) is 0 Å². The normalized spacial score (nSPS) is 23.7. The van der Waals surface area contributed by atoms with Crippen LogP contribution in [0.5, 0.6) is 0 Å². The molecule has 2 rings (SSSR count). The lowest BCUT2D eigenvalue weighted by atomic mass is 9.90. The summed E-state index contributed by atoms with van der Waals surface area (Å²) in [6.07, 6.45) is 7.68. The van der Waals surface area contributed by atoms with E-state index in [1.165, 1.54) is 6.42 Å². The number of nitrogens with zero attached hydrogens (tertiary/aromatic N) is 2. The van der Waals surface area contributed by atoms with Crippen LogP contribution < -0.4 is 5.32 Å². The number of rotatable bonds is 3. The second-order valence-corrected chi connectivity index (χ2v) is 3.92. The van der Waals surface area contributed by atoms with Crippen LogP contribution in [0.25, 0.3) is 0 Å². The van der Waals surface area contributed by atoms with Crippen molar-refractivity contribution in [3.8, 4) is 0 Å². The number of nitrogens with one attached hydrogen (secondary N) is 1. The predicted molar refractivity (Wildman–Crippen MR) is 57.4 cm³/mol. The molecule has 2 heterocycles. The Labute approximate surface area is 90.1 Å². The summed E-state index contributed by atoms with van der Waals surface area (Å²) >= 11 is 0. The fraction of sp³-hybridized carbons (Fsp3) is 0.636. The first-order valence-corrected chi connectivity index (χ1v) is 5.41. The van der Waals surface area contributed by atoms with Gasteiger partial charge in [0.25, 0.3) is 0 Å². The molecule has 1 fully saturated rings. The highest BCUT2D eigenvalue weighted by Crippen LogP contribution is 2.27. The third-order valence-corrected chi connectivity index (χ3v) is 2.92. The Morgan fingerprint density at radius 3 is 2.87 bits per heavy atom. The Kier molecular flexibility index (Phi) is 3.64. The molecule has 0 amide bonds. The van der Waals surface area contributed by atoms with Gasteiger partial charge in [0.1, 0.15) is 6.33 Å². The summed E-state index contributed by atoms with van der Waals surface area (Å²) in [6.45, 7) is 1.73. The third-order valence-electron chi connectivity index (χ3n) is 2.92. The highest BCUT2D eigenvalue weighted by Gasteiger charge is 2.24. The van der Waals surface area contributed by atoms with E-state index in [9.17, 15) is 0 Å². The minimum Gasteiger partial charge on any atom is -0.381 e. The van der Waals surface area contributed by atoms with Crippen LogP contribution in [-0.2, 0) is 4.74 Å². The molecular formula is C11H17N3O. The highest BCUT2D eigenvalue weighted by atomic mass is 16.5. The molecule has 1 aromatic heterocycles. The van der Waals surface area contributed by atoms with Crippen LogP contribution in [0, 0.1) is 5.92 Å². The summed E-state index contributed by atoms with van der Waals surface area (Å²) in [6, 6.07) is 0.312. The molecule has 0 bridgehead atoms. The van der Waals surface area contributed by atoms with Crippen LogP contribution >= 0.6 is 0 Å². The van der Waals surface area contributed by atoms with E-state index >= 15 is 0 Å². The van der Waals surface area contributed by atoms with E-state index in [1.807, 2.05) is 19.4 Å². The maximum atomic E-state index is 5.51. The van der Waals surface area contributed by atoms with Gasteiger partial charge in [-0.15, -0.1) is 0 Å². The molecule has 1 aromatic rings. The van der Waals surface area contributed by atoms with Gasteiger partial charge in [0, 0.05) is 36.5 Å². The van der Waals surface area contributed by atoms with Gasteiger partial charge in [-0.1, -0.05) is 0 Å². The van der Waals surface area contributed by atoms with E-state index < -0.39 is 0 Å². The Balaban J connectivity index is 2.09. The second-order valence-electron chi connectivity index (χ2n) is 3.92. The van der Waals surface area contributed by atoms with E-state index in [0.717, 1.165) is 25.2 Å². The molecule has 0 radical (unpaired) electrons. The summed E-state index contributed by atoms with van der Waals surface area (Å²) < 4.78 is 5.51. The molecule has 4 nitrogen and oxygen atoms in total. The molecule has 1 N–H and O–H groups in total. The minimum atomic E-state index is 0.312. The zero-order valence-electron chi connectivity index (χ0n) is 9.02. The lowest BCUT2D eigenvalue weighted by molar-refractivity contribution is 0.0401. The van der Waals surface area contributed by atoms with Gasteiger partial charge in [0.2, 0.25) is 0 Å². The summed E-state index contributed by atoms with van der Waals surface area (Å²) in [5.74, 6) is 0.537. The maximum absolute atomic E-state index is 5.51. The van der Waals surface area contributed by atoms with Crippen molar-refractivity contribution >= 4 is 0 Å². The van der Waals surface area contributed by atoms with Crippen molar-refractivity contribution in [1.82, 2.24) is 15.3 Å². The van der Waals surface area contributed by atoms with Crippen LogP contribution in [0.15, 0.2) is 18.7 Å². The van der Waals surface area contributed by atoms with E-state index in [0.29, 0.717) is 12.0 Å². The topological polar surface area (TPSA) is 47.0 Å². The molecule has 1 aliphatic heterocycles. The molecule has 2 atom stereocenters. The fourth-order valence-electron chi connectivity index (χ4n) is 2.17. The largest absolute Gasteiger partial charge is 0.381 e. The van der Waals surface area contributed by atoms with Crippen molar-refractivity contribution in [2.45, 2.75) is 18.9 Å². The van der Waals surface area contributed by atoms with Gasteiger partial charge < -0.3 is 10.1 Å². The lowest BCUT2D eigenvalue weighted by Crippen LogP contribution is -2.31. The average Bonchev–Trinajstić information content (AvgIpc) is 2.33. The number of hydrogen-bond donors (Lipinski definition) is 1. The third kappa shape index (κ3) is 2.52. The zero-order chi connectivity index (χ0) is 10.5. The molecule has 0 aliphatic carbocycles. The Morgan fingerprint density at radius 2 is 2.27 bits per heavy atom. The zero-order valence-corrected chi connectivity index (χ0v) is 9.02. The average molecular weight is 207 g/mol. The van der Waals surface area contributed by atoms with Crippen molar-refractivity contribution in [2.75, 3.05) is 20.3 Å². The van der Waals surface area contributed by atoms with Crippen molar-refractivity contribution in [3.05, 3.63) is 24.3 Å². The van der Waals surface area contributed by atoms with E-state index in [4.69, 9.17) is 4.74 Å². The maximum Gasteiger partial charge on any atom is 0.115 e. The molecule has 1 aliphatic rings. The number of hydrogen-bond acceptors (Lipinski definition) is 4. The standard InChI is InChI=1S/C11H17N3O/c1-12-11(9-3-2-4-15-7-9)10-5-13-8-14-6-10/h5-6,8-9,11-12H,2-4,7H2,1H3. The van der Waals surface area contributed by atoms with Gasteiger partial charge >= 0.3 is 0 Å². The van der Waals surface area contributed by atoms with Gasteiger partial charge in [-0.2, -0.15) is 0 Å². The van der Waals surface area contributed by atoms with Crippen LogP contribution in [0.3, 0.4) is 0 Å². The van der Waals surface area contributed by atoms with Crippen molar-refractivity contribution in [3.63, 3.8) is 0 Å². The Bertz CT molecular complexity index is 285. The molecule has 0 spiro atoms. The summed E-state index contributed by atoms with van der Waals surface area (Å²) in [4.78, 5) is 8.11. The van der Waals surface area contributed by atoms with Crippen molar-refractivity contribution in [1.29, 1.82) is 0 Å². The quantitative estimate of drug-likeness (QED) is 0.808. The molecule has 1 saturated heterocycles. The van der Waals surface area contributed by atoms with Gasteiger partial charge in [-0.25, -0.2) is 9.97 Å². The molecule has 4 heteroatoms. The van der Waals surface area contributed by atoms with Crippen LogP contribution in [0.4, 0.5) is 0 Å². The van der Waals surface area contributed by atoms with Gasteiger partial charge in [-0.05, 0) is 19.9 Å². The summed E-state index contributed by atoms with van der Waals surface area (Å²) in [5.41, 5.74) is 1.15. The number of ether oxygens (including phenoxy) is 1. The molecule has 15 heavy (non-hydrogen) atoms. The smallest absolute Gasteiger partial charge is 0.115 e. The minimum absolute atomic E-state index is 0.312. The number of aromatic nitrogens is 2. The first-order chi connectivity index (χ1) is 7.42. The predicted octanol–water partition coefficient (Wildman–Crippen LogP) is 1.16. The molecule has 82 valence electrons. The van der Waals surface area contributed by atoms with E-state index in [1.54, 1.807) is 6.33 Å². The second kappa shape index (κ2) is 5.19. The first-order valence-electron chi connectivity index (χ1n) is 5.41. The van der Waals surface area contributed by atoms with Crippen LogP contribution in [0.2, 0.25) is 0 Å². The lowest BCUT2D eigenvalue weighted by Gasteiger charge is -2.29. The summed E-state index contributed by atoms with van der Waals surface area (Å²) in [7, 11) is 1.98. The van der Waals surface area contributed by atoms with Crippen LogP contribution in [0.1, 0.15) is 24.4 Å². The van der Waals surface area contributed by atoms with Crippen LogP contribution in [-0.4, -0.2) is 30.2 Å². The Hall–Kier alpha value is -1.00. The van der Waals surface area contributed by atoms with E-state index in [-0.39, 0.29) is 0 Å². The molecule has 0 aromatic carbocycles. The monoisotopic (exact) mass is 207 g/mol. The highest BCUT2D eigenvalue weighted by molar-refractivity contribution is 5.10. The Morgan fingerprint density at radius 1 is 1.47 bits per heavy atom. The van der Waals surface area contributed by atoms with Crippen molar-refractivity contribution in [2.24, 2.45) is 5.92 Å². The molecule has 0 saturated carbocycles.